The van der Waals surface area contributed by atoms with Gasteiger partial charge < -0.3 is 20.0 Å². The molecule has 0 aliphatic carbocycles. The summed E-state index contributed by atoms with van der Waals surface area (Å²) in [6.45, 7) is 7.53. The van der Waals surface area contributed by atoms with E-state index in [1.165, 1.54) is 11.1 Å². The second-order valence-electron chi connectivity index (χ2n) is 8.08. The van der Waals surface area contributed by atoms with Crippen LogP contribution in [-0.4, -0.2) is 91.1 Å². The molecule has 28 heavy (non-hydrogen) atoms. The maximum absolute atomic E-state index is 12.6. The van der Waals surface area contributed by atoms with Gasteiger partial charge >= 0.3 is 12.1 Å². The predicted octanol–water partition coefficient (Wildman–Crippen LogP) is 1.97. The monoisotopic (exact) mass is 387 g/mol. The number of rotatable bonds is 3. The van der Waals surface area contributed by atoms with Crippen molar-refractivity contribution in [3.63, 3.8) is 0 Å². The molecule has 0 atom stereocenters. The molecule has 2 fully saturated rings. The van der Waals surface area contributed by atoms with Crippen molar-refractivity contribution in [2.24, 2.45) is 0 Å². The Labute approximate surface area is 168 Å². The van der Waals surface area contributed by atoms with Crippen LogP contribution in [0.15, 0.2) is 24.3 Å². The van der Waals surface area contributed by atoms with Crippen molar-refractivity contribution in [3.8, 4) is 0 Å². The highest BCUT2D eigenvalue weighted by atomic mass is 16.2. The highest BCUT2D eigenvalue weighted by Crippen LogP contribution is 2.16. The van der Waals surface area contributed by atoms with Gasteiger partial charge in [0.05, 0.1) is 0 Å². The summed E-state index contributed by atoms with van der Waals surface area (Å²) in [5, 5.41) is 3.20. The van der Waals surface area contributed by atoms with Gasteiger partial charge in [0.15, 0.2) is 0 Å². The minimum Gasteiger partial charge on any atom is -0.335 e. The number of nitrogens with zero attached hydrogens (tertiary/aromatic N) is 4. The van der Waals surface area contributed by atoms with Crippen LogP contribution in [0.2, 0.25) is 0 Å². The summed E-state index contributed by atoms with van der Waals surface area (Å²) in [5.41, 5.74) is 2.72. The molecule has 1 N–H and O–H groups in total. The quantitative estimate of drug-likeness (QED) is 0.863. The van der Waals surface area contributed by atoms with Crippen molar-refractivity contribution >= 4 is 12.1 Å². The van der Waals surface area contributed by atoms with Gasteiger partial charge in [0.2, 0.25) is 0 Å². The van der Waals surface area contributed by atoms with E-state index in [4.69, 9.17) is 0 Å². The molecular weight excluding hydrogens is 354 g/mol. The second-order valence-corrected chi connectivity index (χ2v) is 8.08. The summed E-state index contributed by atoms with van der Waals surface area (Å²) < 4.78 is 0. The Balaban J connectivity index is 1.40. The lowest BCUT2D eigenvalue weighted by Gasteiger charge is -2.38. The molecule has 7 nitrogen and oxygen atoms in total. The summed E-state index contributed by atoms with van der Waals surface area (Å²) in [4.78, 5) is 32.3. The van der Waals surface area contributed by atoms with Gasteiger partial charge in [-0.2, -0.15) is 0 Å². The topological polar surface area (TPSA) is 59.1 Å². The summed E-state index contributed by atoms with van der Waals surface area (Å²) in [5.74, 6) is 0. The first-order valence-electron chi connectivity index (χ1n) is 10.2. The van der Waals surface area contributed by atoms with E-state index >= 15 is 0 Å². The third kappa shape index (κ3) is 5.16. The molecule has 1 aromatic rings. The number of piperazine rings is 1. The molecule has 0 spiro atoms. The fraction of sp³-hybridized carbons (Fsp3) is 0.619. The summed E-state index contributed by atoms with van der Waals surface area (Å²) >= 11 is 0. The van der Waals surface area contributed by atoms with Crippen LogP contribution in [0.25, 0.3) is 0 Å². The summed E-state index contributed by atoms with van der Waals surface area (Å²) in [6, 6.07) is 8.80. The zero-order valence-corrected chi connectivity index (χ0v) is 17.4. The molecular formula is C21H33N5O2. The zero-order valence-electron chi connectivity index (χ0n) is 17.4. The molecule has 0 saturated carbocycles. The first-order valence-corrected chi connectivity index (χ1v) is 10.2. The van der Waals surface area contributed by atoms with Gasteiger partial charge in [-0.1, -0.05) is 24.3 Å². The molecule has 0 aromatic heterocycles. The SMILES string of the molecule is Cc1ccccc1CN1CCC(NC(=O)N2CCN(C(=O)N(C)C)CC2)CC1. The van der Waals surface area contributed by atoms with Crippen molar-refractivity contribution in [3.05, 3.63) is 35.4 Å². The lowest BCUT2D eigenvalue weighted by atomic mass is 10.0. The molecule has 7 heteroatoms. The number of benzene rings is 1. The third-order valence-electron chi connectivity index (χ3n) is 5.79. The van der Waals surface area contributed by atoms with Gasteiger partial charge in [0.1, 0.15) is 0 Å². The van der Waals surface area contributed by atoms with E-state index < -0.39 is 0 Å². The molecule has 0 radical (unpaired) electrons. The minimum atomic E-state index is 0.00862. The molecule has 154 valence electrons. The zero-order chi connectivity index (χ0) is 20.1. The average molecular weight is 388 g/mol. The van der Waals surface area contributed by atoms with Crippen LogP contribution in [0.4, 0.5) is 9.59 Å². The number of likely N-dealkylation sites (tertiary alicyclic amines) is 1. The third-order valence-corrected chi connectivity index (χ3v) is 5.79. The van der Waals surface area contributed by atoms with Gasteiger partial charge in [-0.25, -0.2) is 9.59 Å². The van der Waals surface area contributed by atoms with E-state index in [9.17, 15) is 9.59 Å². The first-order chi connectivity index (χ1) is 13.4. The number of hydrogen-bond donors (Lipinski definition) is 1. The van der Waals surface area contributed by atoms with E-state index in [0.29, 0.717) is 26.2 Å². The molecule has 0 unspecified atom stereocenters. The van der Waals surface area contributed by atoms with Gasteiger partial charge in [-0.15, -0.1) is 0 Å². The summed E-state index contributed by atoms with van der Waals surface area (Å²) in [6.07, 6.45) is 1.97. The van der Waals surface area contributed by atoms with E-state index in [1.54, 1.807) is 23.9 Å². The van der Waals surface area contributed by atoms with E-state index in [2.05, 4.69) is 41.4 Å². The Morgan fingerprint density at radius 1 is 1.00 bits per heavy atom. The van der Waals surface area contributed by atoms with E-state index in [1.807, 2.05) is 4.90 Å². The number of hydrogen-bond acceptors (Lipinski definition) is 3. The Hall–Kier alpha value is -2.28. The first kappa shape index (κ1) is 20.5. The van der Waals surface area contributed by atoms with Gasteiger partial charge in [0, 0.05) is 66.0 Å². The Bertz CT molecular complexity index is 677. The van der Waals surface area contributed by atoms with Crippen LogP contribution in [-0.2, 0) is 6.54 Å². The average Bonchev–Trinajstić information content (AvgIpc) is 2.70. The number of aryl methyl sites for hydroxylation is 1. The van der Waals surface area contributed by atoms with Crippen LogP contribution in [0.5, 0.6) is 0 Å². The van der Waals surface area contributed by atoms with Crippen molar-refractivity contribution in [2.75, 3.05) is 53.4 Å². The fourth-order valence-corrected chi connectivity index (χ4v) is 3.91. The Morgan fingerprint density at radius 2 is 1.61 bits per heavy atom. The molecule has 0 bridgehead atoms. The molecule has 4 amide bonds. The lowest BCUT2D eigenvalue weighted by molar-refractivity contribution is 0.124. The van der Waals surface area contributed by atoms with Crippen LogP contribution >= 0.6 is 0 Å². The molecule has 2 aliphatic rings. The fourth-order valence-electron chi connectivity index (χ4n) is 3.91. The molecule has 1 aromatic carbocycles. The number of piperidine rings is 1. The number of nitrogens with one attached hydrogen (secondary N) is 1. The van der Waals surface area contributed by atoms with Gasteiger partial charge in [0.25, 0.3) is 0 Å². The minimum absolute atomic E-state index is 0.00862. The second kappa shape index (κ2) is 9.28. The van der Waals surface area contributed by atoms with E-state index in [0.717, 1.165) is 32.5 Å². The predicted molar refractivity (Wildman–Crippen MR) is 110 cm³/mol. The van der Waals surface area contributed by atoms with Crippen molar-refractivity contribution in [2.45, 2.75) is 32.4 Å². The number of carbonyl (C=O) groups excluding carboxylic acids is 2. The van der Waals surface area contributed by atoms with Crippen LogP contribution in [0.3, 0.4) is 0 Å². The maximum Gasteiger partial charge on any atom is 0.319 e. The van der Waals surface area contributed by atoms with Crippen molar-refractivity contribution in [1.82, 2.24) is 24.9 Å². The normalized spacial score (nSPS) is 18.8. The molecule has 2 heterocycles. The van der Waals surface area contributed by atoms with Gasteiger partial charge in [-0.3, -0.25) is 4.90 Å². The number of amides is 4. The number of urea groups is 2. The van der Waals surface area contributed by atoms with Crippen LogP contribution in [0, 0.1) is 6.92 Å². The van der Waals surface area contributed by atoms with Crippen LogP contribution in [0.1, 0.15) is 24.0 Å². The molecule has 2 aliphatic heterocycles. The standard InChI is InChI=1S/C21H33N5O2/c1-17-6-4-5-7-18(17)16-24-10-8-19(9-11-24)22-20(27)25-12-14-26(15-13-25)21(28)23(2)3/h4-7,19H,8-16H2,1-3H3,(H,22,27). The highest BCUT2D eigenvalue weighted by molar-refractivity contribution is 5.76. The van der Waals surface area contributed by atoms with E-state index in [-0.39, 0.29) is 18.1 Å². The van der Waals surface area contributed by atoms with Crippen molar-refractivity contribution in [1.29, 1.82) is 0 Å². The lowest BCUT2D eigenvalue weighted by Crippen LogP contribution is -2.56. The van der Waals surface area contributed by atoms with Gasteiger partial charge in [-0.05, 0) is 30.9 Å². The smallest absolute Gasteiger partial charge is 0.319 e. The summed E-state index contributed by atoms with van der Waals surface area (Å²) in [7, 11) is 3.51. The highest BCUT2D eigenvalue weighted by Gasteiger charge is 2.27. The maximum atomic E-state index is 12.6. The van der Waals surface area contributed by atoms with Crippen molar-refractivity contribution < 1.29 is 9.59 Å². The number of carbonyl (C=O) groups is 2. The molecule has 3 rings (SSSR count). The van der Waals surface area contributed by atoms with Crippen LogP contribution < -0.4 is 5.32 Å². The Morgan fingerprint density at radius 3 is 2.21 bits per heavy atom. The molecule has 2 saturated heterocycles. The Kier molecular flexibility index (Phi) is 6.78. The largest absolute Gasteiger partial charge is 0.335 e.